The first-order valence-corrected chi connectivity index (χ1v) is 13.0. The summed E-state index contributed by atoms with van der Waals surface area (Å²) in [5, 5.41) is 10.2. The van der Waals surface area contributed by atoms with Crippen molar-refractivity contribution in [2.45, 2.75) is 100 Å². The third-order valence-electron chi connectivity index (χ3n) is 4.89. The summed E-state index contributed by atoms with van der Waals surface area (Å²) in [6, 6.07) is 10.6. The molecular formula is C25H40Na2O2. The number of carboxylic acids is 1. The number of hydrogen-bond acceptors (Lipinski definition) is 2. The Morgan fingerprint density at radius 3 is 1.76 bits per heavy atom. The summed E-state index contributed by atoms with van der Waals surface area (Å²) < 4.78 is 1.28. The van der Waals surface area contributed by atoms with Gasteiger partial charge in [-0.3, -0.25) is 0 Å². The van der Waals surface area contributed by atoms with Crippen molar-refractivity contribution in [1.82, 2.24) is 0 Å². The summed E-state index contributed by atoms with van der Waals surface area (Å²) in [5.41, 5.74) is 1.47. The molecule has 0 amide bonds. The molecule has 0 unspecified atom stereocenters. The van der Waals surface area contributed by atoms with Crippen molar-refractivity contribution in [1.29, 1.82) is 0 Å². The van der Waals surface area contributed by atoms with E-state index < -0.39 is 5.97 Å². The van der Waals surface area contributed by atoms with E-state index in [1.807, 2.05) is 0 Å². The zero-order valence-electron chi connectivity index (χ0n) is 19.5. The molecule has 0 aliphatic heterocycles. The zero-order chi connectivity index (χ0) is 20.7. The molecule has 1 aromatic carbocycles. The molecule has 29 heavy (non-hydrogen) atoms. The first-order chi connectivity index (χ1) is 13.7. The van der Waals surface area contributed by atoms with Crippen molar-refractivity contribution in [3.8, 4) is 0 Å². The van der Waals surface area contributed by atoms with Crippen molar-refractivity contribution in [2.24, 2.45) is 0 Å². The molecule has 4 heteroatoms. The molecule has 0 heterocycles. The number of unbranched alkanes of at least 4 members (excludes halogenated alkanes) is 11. The molecule has 0 aromatic heterocycles. The number of hydrogen-bond donors (Lipinski definition) is 0. The van der Waals surface area contributed by atoms with Crippen molar-refractivity contribution in [3.05, 3.63) is 48.0 Å². The van der Waals surface area contributed by atoms with E-state index in [4.69, 9.17) is 0 Å². The van der Waals surface area contributed by atoms with Gasteiger partial charge in [-0.05, 0) is 38.5 Å². The normalized spacial score (nSPS) is 10.3. The Morgan fingerprint density at radius 2 is 1.31 bits per heavy atom. The Hall–Kier alpha value is 0.430. The number of carboxylic acid groups (broad SMARTS) is 1. The van der Waals surface area contributed by atoms with Crippen LogP contribution in [0.1, 0.15) is 102 Å². The number of aliphatic carboxylic acids is 1. The van der Waals surface area contributed by atoms with Crippen LogP contribution < -0.4 is 34.7 Å². The quantitative estimate of drug-likeness (QED) is 0.235. The molecular weight excluding hydrogens is 378 g/mol. The minimum atomic E-state index is -0.914. The minimum absolute atomic E-state index is 0. The molecule has 0 fully saturated rings. The van der Waals surface area contributed by atoms with E-state index in [9.17, 15) is 9.90 Å². The van der Waals surface area contributed by atoms with E-state index in [0.29, 0.717) is 0 Å². The van der Waals surface area contributed by atoms with Crippen LogP contribution in [0, 0.1) is 0 Å². The third-order valence-corrected chi connectivity index (χ3v) is 5.71. The van der Waals surface area contributed by atoms with Gasteiger partial charge in [0.1, 0.15) is 0 Å². The predicted octanol–water partition coefficient (Wildman–Crippen LogP) is 3.13. The Labute approximate surface area is 220 Å². The Morgan fingerprint density at radius 1 is 0.828 bits per heavy atom. The monoisotopic (exact) mass is 418 g/mol. The fraction of sp³-hybridized carbons (Fsp3) is 0.640. The van der Waals surface area contributed by atoms with Gasteiger partial charge in [-0.1, -0.05) is 70.4 Å². The van der Waals surface area contributed by atoms with Crippen molar-refractivity contribution < 1.29 is 39.5 Å². The van der Waals surface area contributed by atoms with Gasteiger partial charge >= 0.3 is 97.1 Å². The zero-order valence-corrected chi connectivity index (χ0v) is 23.5. The molecule has 1 aromatic rings. The molecule has 0 atom stereocenters. The van der Waals surface area contributed by atoms with E-state index >= 15 is 0 Å². The maximum absolute atomic E-state index is 10.2. The predicted molar refractivity (Wildman–Crippen MR) is 120 cm³/mol. The van der Waals surface area contributed by atoms with E-state index in [1.54, 1.807) is 0 Å². The second kappa shape index (κ2) is 26.5. The van der Waals surface area contributed by atoms with Gasteiger partial charge in [-0.2, -0.15) is 0 Å². The van der Waals surface area contributed by atoms with Gasteiger partial charge in [-0.15, -0.1) is 0 Å². The standard InChI is InChI=1S/C18H34O2.C7H7.2Na/c1-2-3-4-5-6-7-8-9-10-11-12-13-14-15-16-17-18(19)20;1-7-5-3-2-4-6-7;;/h9-10H,2-8,11-17H2,1H3,(H,19,20);2-6H,1H2;;/q;;;+1/p-1/b10-9-;;;. The summed E-state index contributed by atoms with van der Waals surface area (Å²) in [5.74, 6) is -0.914. The Bertz CT molecular complexity index is 475. The second-order valence-corrected chi connectivity index (χ2v) is 8.25. The maximum atomic E-state index is 10.2. The van der Waals surface area contributed by atoms with Crippen LogP contribution in [-0.4, -0.2) is 33.9 Å². The average molecular weight is 419 g/mol. The molecule has 0 spiro atoms. The van der Waals surface area contributed by atoms with E-state index in [0.717, 1.165) is 19.3 Å². The van der Waals surface area contributed by atoms with Gasteiger partial charge in [0.05, 0.1) is 0 Å². The number of rotatable bonds is 16. The van der Waals surface area contributed by atoms with Crippen LogP contribution in [0.3, 0.4) is 0 Å². The number of allylic oxidation sites excluding steroid dienone is 2. The number of benzene rings is 1. The van der Waals surface area contributed by atoms with E-state index in [2.05, 4.69) is 49.4 Å². The van der Waals surface area contributed by atoms with Crippen LogP contribution >= 0.6 is 0 Å². The second-order valence-electron chi connectivity index (χ2n) is 7.55. The van der Waals surface area contributed by atoms with Crippen LogP contribution in [0.25, 0.3) is 0 Å². The summed E-state index contributed by atoms with van der Waals surface area (Å²) in [6.45, 7) is 2.26. The molecule has 154 valence electrons. The average Bonchev–Trinajstić information content (AvgIpc) is 2.72. The Balaban J connectivity index is 0. The van der Waals surface area contributed by atoms with E-state index in [1.165, 1.54) is 101 Å². The van der Waals surface area contributed by atoms with Crippen LogP contribution in [-0.2, 0) is 8.46 Å². The molecule has 0 N–H and O–H groups in total. The summed E-state index contributed by atoms with van der Waals surface area (Å²) in [7, 11) is 0. The summed E-state index contributed by atoms with van der Waals surface area (Å²) in [4.78, 5) is 10.2. The fourth-order valence-electron chi connectivity index (χ4n) is 3.05. The van der Waals surface area contributed by atoms with Gasteiger partial charge < -0.3 is 9.90 Å². The summed E-state index contributed by atoms with van der Waals surface area (Å²) in [6.07, 6.45) is 20.9. The van der Waals surface area contributed by atoms with Gasteiger partial charge in [0, 0.05) is 5.97 Å². The fourth-order valence-corrected chi connectivity index (χ4v) is 3.53. The van der Waals surface area contributed by atoms with Gasteiger partial charge in [0.15, 0.2) is 0 Å². The van der Waals surface area contributed by atoms with Gasteiger partial charge in [-0.25, -0.2) is 0 Å². The molecule has 0 aliphatic rings. The Kier molecular flexibility index (Phi) is 28.9. The van der Waals surface area contributed by atoms with Crippen LogP contribution in [0.2, 0.25) is 0 Å². The topological polar surface area (TPSA) is 40.1 Å². The number of carbonyl (C=O) groups excluding carboxylic acids is 1. The van der Waals surface area contributed by atoms with Crippen LogP contribution in [0.15, 0.2) is 42.5 Å². The summed E-state index contributed by atoms with van der Waals surface area (Å²) >= 11 is 1.28. The first-order valence-electron chi connectivity index (χ1n) is 11.6. The molecule has 0 aliphatic carbocycles. The van der Waals surface area contributed by atoms with Gasteiger partial charge in [0.2, 0.25) is 0 Å². The molecule has 0 saturated carbocycles. The molecule has 0 bridgehead atoms. The number of carbonyl (C=O) groups is 1. The molecule has 0 saturated heterocycles. The van der Waals surface area contributed by atoms with Crippen LogP contribution in [0.4, 0.5) is 0 Å². The molecule has 1 rings (SSSR count). The third kappa shape index (κ3) is 26.4. The van der Waals surface area contributed by atoms with Crippen molar-refractivity contribution in [2.75, 3.05) is 0 Å². The first kappa shape index (κ1) is 31.6. The SMILES string of the molecule is CCCCCCCC/C=C\CCCCCCCC(=O)[O-].[Na+].[Na][CH2]c1ccccc1. The molecule has 0 radical (unpaired) electrons. The van der Waals surface area contributed by atoms with Crippen molar-refractivity contribution in [3.63, 3.8) is 0 Å². The van der Waals surface area contributed by atoms with E-state index in [-0.39, 0.29) is 36.0 Å². The van der Waals surface area contributed by atoms with Crippen molar-refractivity contribution >= 4 is 33.9 Å². The molecule has 2 nitrogen and oxygen atoms in total. The van der Waals surface area contributed by atoms with Crippen LogP contribution in [0.5, 0.6) is 0 Å². The van der Waals surface area contributed by atoms with Gasteiger partial charge in [0.25, 0.3) is 0 Å².